The highest BCUT2D eigenvalue weighted by atomic mass is 16.3. The van der Waals surface area contributed by atoms with Crippen molar-refractivity contribution in [2.24, 2.45) is 17.8 Å². The van der Waals surface area contributed by atoms with Crippen LogP contribution in [-0.2, 0) is 9.59 Å². The van der Waals surface area contributed by atoms with E-state index in [9.17, 15) is 14.7 Å². The zero-order chi connectivity index (χ0) is 13.9. The number of hydrogen-bond acceptors (Lipinski definition) is 3. The minimum atomic E-state index is -0.850. The van der Waals surface area contributed by atoms with Gasteiger partial charge >= 0.3 is 0 Å². The number of Topliss-reactive ketones (excluding diaryl/α,β-unsaturated/α-hetero) is 2. The lowest BCUT2D eigenvalue weighted by atomic mass is 9.77. The number of aliphatic hydroxyl groups is 1. The van der Waals surface area contributed by atoms with Crippen molar-refractivity contribution < 1.29 is 14.7 Å². The number of carbonyl (C=O) groups excluding carboxylic acids is 2. The molecule has 1 fully saturated rings. The molecule has 0 heterocycles. The first-order valence-electron chi connectivity index (χ1n) is 6.99. The monoisotopic (exact) mass is 254 g/mol. The second-order valence-corrected chi connectivity index (χ2v) is 6.41. The second-order valence-electron chi connectivity index (χ2n) is 6.41. The molecule has 3 atom stereocenters. The average Bonchev–Trinajstić information content (AvgIpc) is 2.27. The molecule has 0 aromatic rings. The van der Waals surface area contributed by atoms with Crippen LogP contribution in [-0.4, -0.2) is 22.3 Å². The number of ketones is 2. The minimum Gasteiger partial charge on any atom is -0.390 e. The van der Waals surface area contributed by atoms with E-state index < -0.39 is 5.60 Å². The van der Waals surface area contributed by atoms with E-state index in [1.165, 1.54) is 0 Å². The SMILES string of the molecule is C[C@@H]1CC[C@H](C(C)(C)O)CC(=O)[C@H](C)CCC1=O. The first kappa shape index (κ1) is 15.4. The van der Waals surface area contributed by atoms with Crippen LogP contribution in [0.5, 0.6) is 0 Å². The van der Waals surface area contributed by atoms with Gasteiger partial charge in [-0.25, -0.2) is 0 Å². The van der Waals surface area contributed by atoms with Gasteiger partial charge < -0.3 is 5.11 Å². The standard InChI is InChI=1S/C15H26O3/c1-10-5-7-12(15(3,4)18)9-14(17)11(2)6-8-13(10)16/h10-12,18H,5-9H2,1-4H3/t10-,11-,12+/m1/s1. The third kappa shape index (κ3) is 4.20. The summed E-state index contributed by atoms with van der Waals surface area (Å²) < 4.78 is 0. The maximum atomic E-state index is 12.1. The molecule has 0 aromatic heterocycles. The van der Waals surface area contributed by atoms with Crippen molar-refractivity contribution >= 4 is 11.6 Å². The lowest BCUT2D eigenvalue weighted by Gasteiger charge is -2.31. The zero-order valence-electron chi connectivity index (χ0n) is 12.0. The fraction of sp³-hybridized carbons (Fsp3) is 0.867. The molecule has 0 spiro atoms. The first-order valence-corrected chi connectivity index (χ1v) is 6.99. The number of carbonyl (C=O) groups is 2. The fourth-order valence-corrected chi connectivity index (χ4v) is 2.53. The lowest BCUT2D eigenvalue weighted by molar-refractivity contribution is -0.128. The summed E-state index contributed by atoms with van der Waals surface area (Å²) in [6.07, 6.45) is 3.12. The third-order valence-corrected chi connectivity index (χ3v) is 4.32. The minimum absolute atomic E-state index is 0.0409. The summed E-state index contributed by atoms with van der Waals surface area (Å²) >= 11 is 0. The predicted molar refractivity (Wildman–Crippen MR) is 71.2 cm³/mol. The molecular weight excluding hydrogens is 228 g/mol. The Morgan fingerprint density at radius 2 is 1.56 bits per heavy atom. The average molecular weight is 254 g/mol. The fourth-order valence-electron chi connectivity index (χ4n) is 2.53. The molecule has 1 rings (SSSR count). The van der Waals surface area contributed by atoms with Crippen LogP contribution in [0, 0.1) is 17.8 Å². The van der Waals surface area contributed by atoms with Crippen LogP contribution >= 0.6 is 0 Å². The Labute approximate surface area is 110 Å². The van der Waals surface area contributed by atoms with E-state index in [1.54, 1.807) is 13.8 Å². The summed E-state index contributed by atoms with van der Waals surface area (Å²) in [7, 11) is 0. The van der Waals surface area contributed by atoms with Crippen LogP contribution in [0.1, 0.15) is 59.8 Å². The predicted octanol–water partition coefficient (Wildman–Crippen LogP) is 2.75. The molecule has 1 aliphatic carbocycles. The molecule has 0 bridgehead atoms. The van der Waals surface area contributed by atoms with Crippen LogP contribution in [0.2, 0.25) is 0 Å². The quantitative estimate of drug-likeness (QED) is 0.782. The van der Waals surface area contributed by atoms with Gasteiger partial charge in [-0.05, 0) is 39.0 Å². The van der Waals surface area contributed by atoms with Gasteiger partial charge in [-0.1, -0.05) is 13.8 Å². The molecule has 1 N–H and O–H groups in total. The summed E-state index contributed by atoms with van der Waals surface area (Å²) in [5.74, 6) is 0.385. The smallest absolute Gasteiger partial charge is 0.136 e. The Morgan fingerprint density at radius 3 is 2.11 bits per heavy atom. The molecule has 0 radical (unpaired) electrons. The van der Waals surface area contributed by atoms with Gasteiger partial charge in [0.2, 0.25) is 0 Å². The van der Waals surface area contributed by atoms with Crippen molar-refractivity contribution in [3.05, 3.63) is 0 Å². The van der Waals surface area contributed by atoms with Gasteiger partial charge in [0.05, 0.1) is 5.60 Å². The molecule has 1 saturated carbocycles. The molecule has 18 heavy (non-hydrogen) atoms. The maximum Gasteiger partial charge on any atom is 0.136 e. The summed E-state index contributed by atoms with van der Waals surface area (Å²) in [6, 6.07) is 0. The largest absolute Gasteiger partial charge is 0.390 e. The molecular formula is C15H26O3. The van der Waals surface area contributed by atoms with Crippen molar-refractivity contribution in [1.29, 1.82) is 0 Å². The molecule has 1 aliphatic rings. The van der Waals surface area contributed by atoms with E-state index in [4.69, 9.17) is 0 Å². The summed E-state index contributed by atoms with van der Waals surface area (Å²) in [6.45, 7) is 7.36. The molecule has 3 nitrogen and oxygen atoms in total. The van der Waals surface area contributed by atoms with Gasteiger partial charge in [0.25, 0.3) is 0 Å². The summed E-state index contributed by atoms with van der Waals surface area (Å²) in [5, 5.41) is 10.1. The van der Waals surface area contributed by atoms with Crippen LogP contribution in [0.25, 0.3) is 0 Å². The van der Waals surface area contributed by atoms with Gasteiger partial charge in [-0.15, -0.1) is 0 Å². The van der Waals surface area contributed by atoms with Crippen LogP contribution in [0.4, 0.5) is 0 Å². The summed E-state index contributed by atoms with van der Waals surface area (Å²) in [5.41, 5.74) is -0.850. The number of hydrogen-bond donors (Lipinski definition) is 1. The van der Waals surface area contributed by atoms with E-state index in [0.29, 0.717) is 19.3 Å². The maximum absolute atomic E-state index is 12.1. The van der Waals surface area contributed by atoms with E-state index in [-0.39, 0.29) is 29.3 Å². The van der Waals surface area contributed by atoms with Crippen molar-refractivity contribution in [2.45, 2.75) is 65.4 Å². The molecule has 0 amide bonds. The van der Waals surface area contributed by atoms with Crippen molar-refractivity contribution in [1.82, 2.24) is 0 Å². The van der Waals surface area contributed by atoms with Crippen molar-refractivity contribution in [3.8, 4) is 0 Å². The van der Waals surface area contributed by atoms with Crippen LogP contribution < -0.4 is 0 Å². The Kier molecular flexibility index (Phi) is 5.09. The molecule has 0 saturated heterocycles. The van der Waals surface area contributed by atoms with E-state index in [2.05, 4.69) is 0 Å². The van der Waals surface area contributed by atoms with E-state index in [1.807, 2.05) is 13.8 Å². The highest BCUT2D eigenvalue weighted by molar-refractivity contribution is 5.84. The van der Waals surface area contributed by atoms with Crippen molar-refractivity contribution in [3.63, 3.8) is 0 Å². The highest BCUT2D eigenvalue weighted by Gasteiger charge is 2.32. The summed E-state index contributed by atoms with van der Waals surface area (Å²) in [4.78, 5) is 23.9. The molecule has 104 valence electrons. The molecule has 0 aromatic carbocycles. The Balaban J connectivity index is 2.82. The van der Waals surface area contributed by atoms with E-state index in [0.717, 1.165) is 12.8 Å². The van der Waals surface area contributed by atoms with Gasteiger partial charge in [0, 0.05) is 24.7 Å². The number of rotatable bonds is 1. The van der Waals surface area contributed by atoms with Crippen LogP contribution in [0.3, 0.4) is 0 Å². The molecule has 0 unspecified atom stereocenters. The van der Waals surface area contributed by atoms with Gasteiger partial charge in [0.15, 0.2) is 0 Å². The zero-order valence-corrected chi connectivity index (χ0v) is 12.0. The highest BCUT2D eigenvalue weighted by Crippen LogP contribution is 2.30. The van der Waals surface area contributed by atoms with Crippen LogP contribution in [0.15, 0.2) is 0 Å². The van der Waals surface area contributed by atoms with Gasteiger partial charge in [-0.2, -0.15) is 0 Å². The normalized spacial score (nSPS) is 32.4. The molecule has 3 heteroatoms. The third-order valence-electron chi connectivity index (χ3n) is 4.32. The first-order chi connectivity index (χ1) is 8.21. The lowest BCUT2D eigenvalue weighted by Crippen LogP contribution is -2.35. The van der Waals surface area contributed by atoms with Gasteiger partial charge in [-0.3, -0.25) is 9.59 Å². The Hall–Kier alpha value is -0.700. The van der Waals surface area contributed by atoms with Gasteiger partial charge in [0.1, 0.15) is 11.6 Å². The van der Waals surface area contributed by atoms with E-state index >= 15 is 0 Å². The second kappa shape index (κ2) is 5.96. The molecule has 0 aliphatic heterocycles. The Bertz CT molecular complexity index is 314. The van der Waals surface area contributed by atoms with Crippen molar-refractivity contribution in [2.75, 3.05) is 0 Å². The Morgan fingerprint density at radius 1 is 1.00 bits per heavy atom. The topological polar surface area (TPSA) is 54.4 Å².